The first kappa shape index (κ1) is 13.8. The van der Waals surface area contributed by atoms with Gasteiger partial charge in [0, 0.05) is 12.5 Å². The van der Waals surface area contributed by atoms with Gasteiger partial charge in [0.25, 0.3) is 0 Å². The van der Waals surface area contributed by atoms with Crippen molar-refractivity contribution < 1.29 is 36.6 Å². The molecule has 8 nitrogen and oxygen atoms in total. The van der Waals surface area contributed by atoms with Crippen LogP contribution in [0.1, 0.15) is 0 Å². The van der Waals surface area contributed by atoms with Crippen LogP contribution in [0.25, 0.3) is 0 Å². The van der Waals surface area contributed by atoms with E-state index in [-0.39, 0.29) is 12.5 Å². The molecule has 0 bridgehead atoms. The molecule has 0 heterocycles. The van der Waals surface area contributed by atoms with Crippen LogP contribution < -0.4 is 0 Å². The van der Waals surface area contributed by atoms with Crippen LogP contribution in [0, 0.1) is 0 Å². The topological polar surface area (TPSA) is 143 Å². The molecule has 15 heavy (non-hydrogen) atoms. The van der Waals surface area contributed by atoms with Gasteiger partial charge in [-0.25, -0.2) is 26.4 Å². The highest BCUT2D eigenvalue weighted by Crippen LogP contribution is 2.24. The Morgan fingerprint density at radius 2 is 1.07 bits per heavy atom. The lowest BCUT2D eigenvalue weighted by Crippen LogP contribution is -2.58. The van der Waals surface area contributed by atoms with Crippen LogP contribution in [0.4, 0.5) is 0 Å². The molecule has 0 aliphatic heterocycles. The number of carboxylic acids is 2. The van der Waals surface area contributed by atoms with Gasteiger partial charge in [0.05, 0.1) is 0 Å². The monoisotopic (exact) mass is 260 g/mol. The molecule has 0 aromatic heterocycles. The Bertz CT molecular complexity index is 447. The molecular weight excluding hydrogens is 252 g/mol. The SMILES string of the molecule is CS(=O)(=O)C(C(=O)O)(C(=O)O)S(C)(=O)=O. The van der Waals surface area contributed by atoms with E-state index in [0.717, 1.165) is 0 Å². The Morgan fingerprint density at radius 3 is 1.07 bits per heavy atom. The van der Waals surface area contributed by atoms with Crippen molar-refractivity contribution in [3.8, 4) is 0 Å². The van der Waals surface area contributed by atoms with Crippen molar-refractivity contribution in [3.05, 3.63) is 0 Å². The maximum absolute atomic E-state index is 11.0. The van der Waals surface area contributed by atoms with E-state index in [0.29, 0.717) is 0 Å². The Hall–Kier alpha value is -1.16. The highest BCUT2D eigenvalue weighted by molar-refractivity contribution is 8.12. The van der Waals surface area contributed by atoms with Crippen LogP contribution in [-0.4, -0.2) is 55.6 Å². The number of aliphatic carboxylic acids is 2. The predicted molar refractivity (Wildman–Crippen MR) is 47.7 cm³/mol. The highest BCUT2D eigenvalue weighted by Gasteiger charge is 2.65. The van der Waals surface area contributed by atoms with Gasteiger partial charge < -0.3 is 10.2 Å². The molecule has 0 fully saturated rings. The summed E-state index contributed by atoms with van der Waals surface area (Å²) in [4.78, 5) is 21.2. The van der Waals surface area contributed by atoms with Gasteiger partial charge in [-0.1, -0.05) is 0 Å². The summed E-state index contributed by atoms with van der Waals surface area (Å²) in [6.45, 7) is 0. The van der Waals surface area contributed by atoms with Gasteiger partial charge in [-0.05, 0) is 0 Å². The second kappa shape index (κ2) is 3.45. The maximum Gasteiger partial charge on any atom is 0.362 e. The van der Waals surface area contributed by atoms with Crippen LogP contribution in [0.5, 0.6) is 0 Å². The molecule has 0 aliphatic carbocycles. The third-order valence-electron chi connectivity index (χ3n) is 1.61. The second-order valence-electron chi connectivity index (χ2n) is 2.77. The summed E-state index contributed by atoms with van der Waals surface area (Å²) < 4.78 is 40.3. The van der Waals surface area contributed by atoms with E-state index < -0.39 is 35.7 Å². The van der Waals surface area contributed by atoms with Crippen LogP contribution in [0.3, 0.4) is 0 Å². The lowest BCUT2D eigenvalue weighted by atomic mass is 10.4. The highest BCUT2D eigenvalue weighted by atomic mass is 32.3. The van der Waals surface area contributed by atoms with Crippen molar-refractivity contribution in [2.45, 2.75) is 4.08 Å². The third-order valence-corrected chi connectivity index (χ3v) is 6.21. The minimum Gasteiger partial charge on any atom is -0.479 e. The van der Waals surface area contributed by atoms with Crippen LogP contribution in [0.15, 0.2) is 0 Å². The molecule has 0 amide bonds. The zero-order valence-corrected chi connectivity index (χ0v) is 9.29. The lowest BCUT2D eigenvalue weighted by molar-refractivity contribution is -0.148. The molecule has 0 spiro atoms. The van der Waals surface area contributed by atoms with Gasteiger partial charge in [-0.3, -0.25) is 0 Å². The Balaban J connectivity index is 6.52. The average Bonchev–Trinajstić information content (AvgIpc) is 1.75. The van der Waals surface area contributed by atoms with Gasteiger partial charge in [-0.2, -0.15) is 0 Å². The van der Waals surface area contributed by atoms with Gasteiger partial charge in [0.15, 0.2) is 19.7 Å². The molecule has 0 aromatic rings. The zero-order valence-electron chi connectivity index (χ0n) is 7.66. The minimum absolute atomic E-state index is 0.232. The molecule has 88 valence electrons. The van der Waals surface area contributed by atoms with E-state index in [1.54, 1.807) is 0 Å². The lowest BCUT2D eigenvalue weighted by Gasteiger charge is -2.20. The number of sulfone groups is 2. The van der Waals surface area contributed by atoms with E-state index in [2.05, 4.69) is 0 Å². The van der Waals surface area contributed by atoms with Crippen molar-refractivity contribution in [3.63, 3.8) is 0 Å². The van der Waals surface area contributed by atoms with E-state index >= 15 is 0 Å². The molecule has 0 atom stereocenters. The Morgan fingerprint density at radius 1 is 0.867 bits per heavy atom. The fraction of sp³-hybridized carbons (Fsp3) is 0.600. The standard InChI is InChI=1S/C5H8O8S2/c1-14(10,11)5(3(6)7,4(8)9)15(2,12)13/h1-2H3,(H,6,7)(H,8,9). The molecule has 0 saturated heterocycles. The molecular formula is C5H8O8S2. The first-order chi connectivity index (χ1) is 6.39. The summed E-state index contributed by atoms with van der Waals surface area (Å²) in [5.41, 5.74) is 0. The Kier molecular flexibility index (Phi) is 3.18. The molecule has 10 heteroatoms. The first-order valence-electron chi connectivity index (χ1n) is 3.25. The number of carboxylic acid groups (broad SMARTS) is 2. The van der Waals surface area contributed by atoms with Crippen molar-refractivity contribution in [1.82, 2.24) is 0 Å². The van der Waals surface area contributed by atoms with Crippen molar-refractivity contribution in [2.75, 3.05) is 12.5 Å². The minimum atomic E-state index is -4.87. The summed E-state index contributed by atoms with van der Waals surface area (Å²) in [6, 6.07) is 0. The van der Waals surface area contributed by atoms with Crippen molar-refractivity contribution in [1.29, 1.82) is 0 Å². The number of hydrogen-bond acceptors (Lipinski definition) is 6. The fourth-order valence-corrected chi connectivity index (χ4v) is 4.47. The molecule has 0 radical (unpaired) electrons. The first-order valence-corrected chi connectivity index (χ1v) is 7.03. The molecule has 0 unspecified atom stereocenters. The van der Waals surface area contributed by atoms with Crippen molar-refractivity contribution >= 4 is 31.6 Å². The summed E-state index contributed by atoms with van der Waals surface area (Å²) in [5.74, 6) is -4.92. The third kappa shape index (κ3) is 1.81. The van der Waals surface area contributed by atoms with Gasteiger partial charge >= 0.3 is 16.0 Å². The molecule has 0 aromatic carbocycles. The molecule has 0 aliphatic rings. The summed E-state index contributed by atoms with van der Waals surface area (Å²) in [5, 5.41) is 17.1. The fourth-order valence-electron chi connectivity index (χ4n) is 1.00. The number of hydrogen-bond donors (Lipinski definition) is 2. The van der Waals surface area contributed by atoms with Crippen LogP contribution in [0.2, 0.25) is 0 Å². The summed E-state index contributed by atoms with van der Waals surface area (Å²) in [7, 11) is -9.74. The maximum atomic E-state index is 11.0. The quantitative estimate of drug-likeness (QED) is 0.549. The summed E-state index contributed by atoms with van der Waals surface area (Å²) in [6.07, 6.45) is 0.465. The Labute approximate surface area is 85.4 Å². The molecule has 0 rings (SSSR count). The van der Waals surface area contributed by atoms with Gasteiger partial charge in [0.2, 0.25) is 0 Å². The van der Waals surface area contributed by atoms with E-state index in [9.17, 15) is 26.4 Å². The number of carbonyl (C=O) groups is 2. The largest absolute Gasteiger partial charge is 0.479 e. The van der Waals surface area contributed by atoms with Gasteiger partial charge in [0.1, 0.15) is 0 Å². The molecule has 0 saturated carbocycles. The zero-order chi connectivity index (χ0) is 12.7. The van der Waals surface area contributed by atoms with E-state index in [1.807, 2.05) is 0 Å². The number of rotatable bonds is 4. The predicted octanol–water partition coefficient (Wildman–Crippen LogP) is -2.06. The average molecular weight is 260 g/mol. The van der Waals surface area contributed by atoms with Gasteiger partial charge in [-0.15, -0.1) is 0 Å². The van der Waals surface area contributed by atoms with E-state index in [1.165, 1.54) is 0 Å². The molecule has 2 N–H and O–H groups in total. The van der Waals surface area contributed by atoms with Crippen LogP contribution >= 0.6 is 0 Å². The van der Waals surface area contributed by atoms with Crippen molar-refractivity contribution in [2.24, 2.45) is 0 Å². The summed E-state index contributed by atoms with van der Waals surface area (Å²) >= 11 is 0. The normalized spacial score (nSPS) is 13.5. The second-order valence-corrected chi connectivity index (χ2v) is 7.34. The van der Waals surface area contributed by atoms with E-state index in [4.69, 9.17) is 10.2 Å². The van der Waals surface area contributed by atoms with Crippen LogP contribution in [-0.2, 0) is 29.3 Å². The smallest absolute Gasteiger partial charge is 0.362 e.